The Morgan fingerprint density at radius 3 is 2.72 bits per heavy atom. The van der Waals surface area contributed by atoms with Gasteiger partial charge in [0.25, 0.3) is 5.91 Å². The number of carbonyl (C=O) groups is 2. The summed E-state index contributed by atoms with van der Waals surface area (Å²) in [7, 11) is 1.53. The summed E-state index contributed by atoms with van der Waals surface area (Å²) in [6, 6.07) is 9.24. The maximum Gasteiger partial charge on any atom is 0.303 e. The quantitative estimate of drug-likeness (QED) is 0.381. The van der Waals surface area contributed by atoms with Crippen LogP contribution in [0.15, 0.2) is 41.3 Å². The van der Waals surface area contributed by atoms with E-state index in [4.69, 9.17) is 38.4 Å². The highest BCUT2D eigenvalue weighted by Crippen LogP contribution is 2.34. The number of aliphatic carboxylic acids is 1. The molecule has 2 aromatic rings. The maximum atomic E-state index is 13.2. The van der Waals surface area contributed by atoms with Crippen molar-refractivity contribution >= 4 is 57.9 Å². The molecular formula is C22H19ClFNO5S2. The van der Waals surface area contributed by atoms with Crippen LogP contribution in [0, 0.1) is 5.82 Å². The predicted molar refractivity (Wildman–Crippen MR) is 125 cm³/mol. The number of carbonyl (C=O) groups excluding carboxylic acids is 1. The first-order valence-electron chi connectivity index (χ1n) is 9.50. The number of benzene rings is 2. The molecule has 1 aliphatic heterocycles. The van der Waals surface area contributed by atoms with Gasteiger partial charge in [0.05, 0.1) is 17.0 Å². The molecule has 0 spiro atoms. The average molecular weight is 496 g/mol. The van der Waals surface area contributed by atoms with Crippen molar-refractivity contribution in [1.82, 2.24) is 4.90 Å². The fourth-order valence-electron chi connectivity index (χ4n) is 2.98. The molecule has 1 amide bonds. The van der Waals surface area contributed by atoms with Crippen molar-refractivity contribution in [2.75, 3.05) is 13.7 Å². The zero-order chi connectivity index (χ0) is 23.3. The molecule has 2 aromatic carbocycles. The van der Waals surface area contributed by atoms with E-state index >= 15 is 0 Å². The first-order valence-corrected chi connectivity index (χ1v) is 11.1. The highest BCUT2D eigenvalue weighted by molar-refractivity contribution is 8.26. The summed E-state index contributed by atoms with van der Waals surface area (Å²) in [5, 5.41) is 8.94. The lowest BCUT2D eigenvalue weighted by atomic mass is 10.1. The van der Waals surface area contributed by atoms with Gasteiger partial charge in [-0.1, -0.05) is 41.6 Å². The van der Waals surface area contributed by atoms with E-state index in [0.29, 0.717) is 32.7 Å². The van der Waals surface area contributed by atoms with Crippen molar-refractivity contribution in [1.29, 1.82) is 0 Å². The van der Waals surface area contributed by atoms with Gasteiger partial charge in [-0.25, -0.2) is 4.39 Å². The number of thiocarbonyl (C=S) groups is 1. The fraction of sp³-hybridized carbons (Fsp3) is 0.227. The monoisotopic (exact) mass is 495 g/mol. The number of hydrogen-bond donors (Lipinski definition) is 1. The second kappa shape index (κ2) is 10.8. The van der Waals surface area contributed by atoms with Crippen LogP contribution < -0.4 is 9.47 Å². The molecule has 0 aromatic heterocycles. The Labute approximate surface area is 198 Å². The van der Waals surface area contributed by atoms with E-state index in [1.165, 1.54) is 42.0 Å². The normalized spacial score (nSPS) is 14.8. The molecule has 3 rings (SSSR count). The van der Waals surface area contributed by atoms with E-state index in [0.717, 1.165) is 5.56 Å². The van der Waals surface area contributed by atoms with Crippen LogP contribution in [-0.2, 0) is 16.2 Å². The topological polar surface area (TPSA) is 76.1 Å². The van der Waals surface area contributed by atoms with Crippen LogP contribution in [0.5, 0.6) is 11.5 Å². The summed E-state index contributed by atoms with van der Waals surface area (Å²) in [5.41, 5.74) is 1.44. The molecule has 1 heterocycles. The minimum atomic E-state index is -0.916. The minimum absolute atomic E-state index is 0.0317. The largest absolute Gasteiger partial charge is 0.496 e. The van der Waals surface area contributed by atoms with Crippen molar-refractivity contribution in [2.45, 2.75) is 19.4 Å². The first kappa shape index (κ1) is 24.0. The Morgan fingerprint density at radius 2 is 2.03 bits per heavy atom. The summed E-state index contributed by atoms with van der Waals surface area (Å²) in [6.45, 7) is 0.376. The molecular weight excluding hydrogens is 477 g/mol. The molecule has 1 fully saturated rings. The summed E-state index contributed by atoms with van der Waals surface area (Å²) in [4.78, 5) is 25.3. The number of carboxylic acid groups (broad SMARTS) is 1. The predicted octanol–water partition coefficient (Wildman–Crippen LogP) is 5.13. The molecule has 0 radical (unpaired) electrons. The van der Waals surface area contributed by atoms with E-state index in [-0.39, 0.29) is 30.5 Å². The number of amides is 1. The molecule has 6 nitrogen and oxygen atoms in total. The summed E-state index contributed by atoms with van der Waals surface area (Å²) in [6.07, 6.45) is 2.01. The number of methoxy groups -OCH3 is 1. The first-order chi connectivity index (χ1) is 15.3. The second-order valence-corrected chi connectivity index (χ2v) is 8.85. The van der Waals surface area contributed by atoms with Gasteiger partial charge in [-0.2, -0.15) is 0 Å². The SMILES string of the molecule is COc1ccc(C=C2SC(=S)N(CCCC(=O)O)C2=O)cc1COc1ccc(F)cc1Cl. The molecule has 10 heteroatoms. The zero-order valence-corrected chi connectivity index (χ0v) is 19.4. The highest BCUT2D eigenvalue weighted by Gasteiger charge is 2.31. The Bertz CT molecular complexity index is 1090. The van der Waals surface area contributed by atoms with Crippen molar-refractivity contribution in [3.63, 3.8) is 0 Å². The number of ether oxygens (including phenoxy) is 2. The smallest absolute Gasteiger partial charge is 0.303 e. The van der Waals surface area contributed by atoms with E-state index in [9.17, 15) is 14.0 Å². The number of thioether (sulfide) groups is 1. The van der Waals surface area contributed by atoms with Gasteiger partial charge < -0.3 is 14.6 Å². The van der Waals surface area contributed by atoms with Crippen LogP contribution in [0.2, 0.25) is 5.02 Å². The van der Waals surface area contributed by atoms with Gasteiger partial charge in [0.1, 0.15) is 28.2 Å². The van der Waals surface area contributed by atoms with Gasteiger partial charge in [-0.15, -0.1) is 0 Å². The average Bonchev–Trinajstić information content (AvgIpc) is 3.00. The number of rotatable bonds is 9. The second-order valence-electron chi connectivity index (χ2n) is 6.77. The summed E-state index contributed by atoms with van der Waals surface area (Å²) < 4.78 is 24.7. The Morgan fingerprint density at radius 1 is 1.28 bits per heavy atom. The molecule has 168 valence electrons. The Hall–Kier alpha value is -2.62. The van der Waals surface area contributed by atoms with Crippen LogP contribution in [0.4, 0.5) is 4.39 Å². The summed E-state index contributed by atoms with van der Waals surface area (Å²) in [5.74, 6) is -0.704. The zero-order valence-electron chi connectivity index (χ0n) is 17.0. The van der Waals surface area contributed by atoms with Crippen LogP contribution in [0.1, 0.15) is 24.0 Å². The van der Waals surface area contributed by atoms with E-state index in [1.807, 2.05) is 6.07 Å². The lowest BCUT2D eigenvalue weighted by Crippen LogP contribution is -2.29. The van der Waals surface area contributed by atoms with Crippen molar-refractivity contribution in [2.24, 2.45) is 0 Å². The third-order valence-electron chi connectivity index (χ3n) is 4.53. The van der Waals surface area contributed by atoms with E-state index in [2.05, 4.69) is 0 Å². The van der Waals surface area contributed by atoms with Crippen molar-refractivity contribution < 1.29 is 28.6 Å². The molecule has 1 aliphatic rings. The molecule has 0 unspecified atom stereocenters. The van der Waals surface area contributed by atoms with Crippen molar-refractivity contribution in [3.8, 4) is 11.5 Å². The van der Waals surface area contributed by atoms with Crippen molar-refractivity contribution in [3.05, 3.63) is 63.3 Å². The molecule has 0 saturated carbocycles. The molecule has 1 N–H and O–H groups in total. The molecule has 0 aliphatic carbocycles. The maximum absolute atomic E-state index is 13.2. The van der Waals surface area contributed by atoms with Gasteiger partial charge in [-0.3, -0.25) is 14.5 Å². The van der Waals surface area contributed by atoms with Crippen LogP contribution in [0.3, 0.4) is 0 Å². The van der Waals surface area contributed by atoms with Crippen LogP contribution >= 0.6 is 35.6 Å². The van der Waals surface area contributed by atoms with E-state index < -0.39 is 11.8 Å². The van der Waals surface area contributed by atoms with Crippen LogP contribution in [0.25, 0.3) is 6.08 Å². The fourth-order valence-corrected chi connectivity index (χ4v) is 4.51. The molecule has 0 atom stereocenters. The lowest BCUT2D eigenvalue weighted by molar-refractivity contribution is -0.137. The minimum Gasteiger partial charge on any atom is -0.496 e. The third kappa shape index (κ3) is 5.99. The number of halogens is 2. The highest BCUT2D eigenvalue weighted by atomic mass is 35.5. The summed E-state index contributed by atoms with van der Waals surface area (Å²) >= 11 is 12.5. The van der Waals surface area contributed by atoms with Gasteiger partial charge in [0.15, 0.2) is 0 Å². The van der Waals surface area contributed by atoms with Gasteiger partial charge in [0, 0.05) is 18.5 Å². The molecule has 0 bridgehead atoms. The lowest BCUT2D eigenvalue weighted by Gasteiger charge is -2.13. The standard InChI is InChI=1S/C22H19ClFNO5S2/c1-29-17-6-4-13(9-14(17)12-30-18-7-5-15(24)11-16(18)23)10-19-21(28)25(22(31)32-19)8-2-3-20(26)27/h4-7,9-11H,2-3,8,12H2,1H3,(H,26,27). The van der Waals surface area contributed by atoms with Gasteiger partial charge in [0.2, 0.25) is 0 Å². The molecule has 1 saturated heterocycles. The third-order valence-corrected chi connectivity index (χ3v) is 6.20. The Balaban J connectivity index is 1.75. The van der Waals surface area contributed by atoms with Gasteiger partial charge in [-0.05, 0) is 48.4 Å². The number of carboxylic acids is 1. The number of nitrogens with zero attached hydrogens (tertiary/aromatic N) is 1. The Kier molecular flexibility index (Phi) is 8.11. The van der Waals surface area contributed by atoms with Crippen LogP contribution in [-0.4, -0.2) is 39.9 Å². The van der Waals surface area contributed by atoms with Gasteiger partial charge >= 0.3 is 5.97 Å². The molecule has 32 heavy (non-hydrogen) atoms. The van der Waals surface area contributed by atoms with E-state index in [1.54, 1.807) is 18.2 Å². The number of hydrogen-bond acceptors (Lipinski definition) is 6.